The Kier molecular flexibility index (Phi) is 8.48. The van der Waals surface area contributed by atoms with Gasteiger partial charge in [0.05, 0.1) is 0 Å². The van der Waals surface area contributed by atoms with Crippen molar-refractivity contribution in [2.24, 2.45) is 0 Å². The zero-order valence-corrected chi connectivity index (χ0v) is 17.1. The van der Waals surface area contributed by atoms with Crippen LogP contribution in [0.25, 0.3) is 0 Å². The van der Waals surface area contributed by atoms with Crippen molar-refractivity contribution in [3.63, 3.8) is 0 Å². The Morgan fingerprint density at radius 1 is 1.07 bits per heavy atom. The molecule has 3 N–H and O–H groups in total. The van der Waals surface area contributed by atoms with Crippen molar-refractivity contribution in [3.05, 3.63) is 35.9 Å². The molecular formula is C22H33N3O3. The molecule has 1 aromatic rings. The molecule has 6 nitrogen and oxygen atoms in total. The topological polar surface area (TPSA) is 87.3 Å². The quantitative estimate of drug-likeness (QED) is 0.569. The molecule has 1 aliphatic carbocycles. The van der Waals surface area contributed by atoms with Crippen LogP contribution in [0.1, 0.15) is 75.6 Å². The van der Waals surface area contributed by atoms with Gasteiger partial charge in [-0.05, 0) is 38.3 Å². The van der Waals surface area contributed by atoms with Crippen LogP contribution in [-0.4, -0.2) is 35.8 Å². The summed E-state index contributed by atoms with van der Waals surface area (Å²) in [6.45, 7) is 4.52. The number of benzene rings is 1. The maximum absolute atomic E-state index is 12.8. The Balaban J connectivity index is 1.91. The average Bonchev–Trinajstić information content (AvgIpc) is 2.69. The highest BCUT2D eigenvalue weighted by Gasteiger charge is 2.40. The molecule has 0 aromatic heterocycles. The summed E-state index contributed by atoms with van der Waals surface area (Å²) in [4.78, 5) is 37.7. The van der Waals surface area contributed by atoms with Gasteiger partial charge in [-0.3, -0.25) is 14.4 Å². The van der Waals surface area contributed by atoms with Crippen LogP contribution in [0, 0.1) is 0 Å². The van der Waals surface area contributed by atoms with E-state index in [0.717, 1.165) is 32.1 Å². The maximum atomic E-state index is 12.8. The molecule has 1 aliphatic rings. The van der Waals surface area contributed by atoms with E-state index in [4.69, 9.17) is 0 Å². The Labute approximate surface area is 167 Å². The monoisotopic (exact) mass is 387 g/mol. The molecular weight excluding hydrogens is 354 g/mol. The van der Waals surface area contributed by atoms with Crippen molar-refractivity contribution in [2.75, 3.05) is 6.54 Å². The van der Waals surface area contributed by atoms with E-state index in [9.17, 15) is 14.4 Å². The fraction of sp³-hybridized carbons (Fsp3) is 0.591. The summed E-state index contributed by atoms with van der Waals surface area (Å²) in [5, 5.41) is 8.83. The van der Waals surface area contributed by atoms with Crippen molar-refractivity contribution in [1.82, 2.24) is 16.0 Å². The lowest BCUT2D eigenvalue weighted by molar-refractivity contribution is -0.135. The number of hydrogen-bond acceptors (Lipinski definition) is 3. The van der Waals surface area contributed by atoms with E-state index >= 15 is 0 Å². The summed E-state index contributed by atoms with van der Waals surface area (Å²) in [5.74, 6) is -0.478. The minimum Gasteiger partial charge on any atom is -0.354 e. The van der Waals surface area contributed by atoms with Gasteiger partial charge < -0.3 is 16.0 Å². The van der Waals surface area contributed by atoms with E-state index < -0.39 is 5.54 Å². The predicted molar refractivity (Wildman–Crippen MR) is 110 cm³/mol. The van der Waals surface area contributed by atoms with Crippen LogP contribution in [0.2, 0.25) is 0 Å². The van der Waals surface area contributed by atoms with Gasteiger partial charge in [0.25, 0.3) is 5.91 Å². The van der Waals surface area contributed by atoms with Gasteiger partial charge in [0, 0.05) is 24.6 Å². The van der Waals surface area contributed by atoms with Crippen LogP contribution in [0.15, 0.2) is 30.3 Å². The molecule has 0 radical (unpaired) electrons. The molecule has 3 amide bonds. The van der Waals surface area contributed by atoms with E-state index in [0.29, 0.717) is 24.9 Å². The largest absolute Gasteiger partial charge is 0.354 e. The molecule has 6 heteroatoms. The van der Waals surface area contributed by atoms with Crippen LogP contribution in [0.3, 0.4) is 0 Å². The first-order valence-electron chi connectivity index (χ1n) is 10.4. The summed E-state index contributed by atoms with van der Waals surface area (Å²) in [7, 11) is 0. The summed E-state index contributed by atoms with van der Waals surface area (Å²) in [6, 6.07) is 8.60. The molecule has 154 valence electrons. The number of carbonyl (C=O) groups is 3. The maximum Gasteiger partial charge on any atom is 0.251 e. The number of unbranched alkanes of at least 4 members (excludes halogenated alkanes) is 1. The molecule has 0 saturated heterocycles. The standard InChI is InChI=1S/C22H33N3O3/c1-3-4-15-23-21(28)22(13-9-6-10-14-22)25-19(26)16-17(2)24-20(27)18-11-7-5-8-12-18/h5,7-8,11-12,17H,3-4,6,9-10,13-16H2,1-2H3,(H,23,28)(H,24,27)(H,25,26). The Morgan fingerprint density at radius 2 is 1.75 bits per heavy atom. The lowest BCUT2D eigenvalue weighted by atomic mass is 9.80. The van der Waals surface area contributed by atoms with Gasteiger partial charge in [-0.15, -0.1) is 0 Å². The Morgan fingerprint density at radius 3 is 2.39 bits per heavy atom. The fourth-order valence-corrected chi connectivity index (χ4v) is 3.66. The highest BCUT2D eigenvalue weighted by molar-refractivity contribution is 5.95. The van der Waals surface area contributed by atoms with Crippen molar-refractivity contribution in [1.29, 1.82) is 0 Å². The summed E-state index contributed by atoms with van der Waals surface area (Å²) >= 11 is 0. The van der Waals surface area contributed by atoms with Crippen LogP contribution in [0.5, 0.6) is 0 Å². The average molecular weight is 388 g/mol. The number of nitrogens with one attached hydrogen (secondary N) is 3. The van der Waals surface area contributed by atoms with Crippen LogP contribution >= 0.6 is 0 Å². The summed E-state index contributed by atoms with van der Waals surface area (Å²) < 4.78 is 0. The molecule has 1 aromatic carbocycles. The lowest BCUT2D eigenvalue weighted by Gasteiger charge is -2.37. The number of rotatable bonds is 9. The van der Waals surface area contributed by atoms with Crippen LogP contribution in [-0.2, 0) is 9.59 Å². The van der Waals surface area contributed by atoms with Crippen molar-refractivity contribution >= 4 is 17.7 Å². The van der Waals surface area contributed by atoms with Crippen molar-refractivity contribution in [3.8, 4) is 0 Å². The molecule has 1 saturated carbocycles. The SMILES string of the molecule is CCCCNC(=O)C1(NC(=O)CC(C)NC(=O)c2ccccc2)CCCCC1. The lowest BCUT2D eigenvalue weighted by Crippen LogP contribution is -2.60. The van der Waals surface area contributed by atoms with Crippen molar-refractivity contribution < 1.29 is 14.4 Å². The fourth-order valence-electron chi connectivity index (χ4n) is 3.66. The van der Waals surface area contributed by atoms with E-state index in [2.05, 4.69) is 22.9 Å². The first-order chi connectivity index (χ1) is 13.5. The molecule has 0 bridgehead atoms. The molecule has 1 fully saturated rings. The zero-order valence-electron chi connectivity index (χ0n) is 17.1. The highest BCUT2D eigenvalue weighted by atomic mass is 16.2. The summed E-state index contributed by atoms with van der Waals surface area (Å²) in [6.07, 6.45) is 6.37. The second-order valence-electron chi connectivity index (χ2n) is 7.75. The number of carbonyl (C=O) groups excluding carboxylic acids is 3. The van der Waals surface area contributed by atoms with Gasteiger partial charge in [-0.2, -0.15) is 0 Å². The normalized spacial score (nSPS) is 16.6. The van der Waals surface area contributed by atoms with E-state index in [1.807, 2.05) is 6.07 Å². The highest BCUT2D eigenvalue weighted by Crippen LogP contribution is 2.28. The Bertz CT molecular complexity index is 654. The predicted octanol–water partition coefficient (Wildman–Crippen LogP) is 2.93. The van der Waals surface area contributed by atoms with Crippen LogP contribution in [0.4, 0.5) is 0 Å². The minimum absolute atomic E-state index is 0.0741. The molecule has 0 heterocycles. The van der Waals surface area contributed by atoms with E-state index in [1.165, 1.54) is 0 Å². The first kappa shape index (κ1) is 21.9. The number of amides is 3. The Hall–Kier alpha value is -2.37. The molecule has 2 rings (SSSR count). The second-order valence-corrected chi connectivity index (χ2v) is 7.75. The van der Waals surface area contributed by atoms with Gasteiger partial charge in [-0.25, -0.2) is 0 Å². The molecule has 1 unspecified atom stereocenters. The third-order valence-corrected chi connectivity index (χ3v) is 5.24. The third-order valence-electron chi connectivity index (χ3n) is 5.24. The summed E-state index contributed by atoms with van der Waals surface area (Å²) in [5.41, 5.74) is -0.250. The number of hydrogen-bond donors (Lipinski definition) is 3. The van der Waals surface area contributed by atoms with Gasteiger partial charge in [0.2, 0.25) is 11.8 Å². The van der Waals surface area contributed by atoms with Gasteiger partial charge in [0.15, 0.2) is 0 Å². The van der Waals surface area contributed by atoms with Crippen molar-refractivity contribution in [2.45, 2.75) is 76.8 Å². The first-order valence-corrected chi connectivity index (χ1v) is 10.4. The third kappa shape index (κ3) is 6.36. The van der Waals surface area contributed by atoms with Gasteiger partial charge >= 0.3 is 0 Å². The molecule has 0 spiro atoms. The van der Waals surface area contributed by atoms with Gasteiger partial charge in [-0.1, -0.05) is 50.8 Å². The molecule has 0 aliphatic heterocycles. The zero-order chi connectivity index (χ0) is 20.4. The molecule has 28 heavy (non-hydrogen) atoms. The van der Waals surface area contributed by atoms with Gasteiger partial charge in [0.1, 0.15) is 5.54 Å². The van der Waals surface area contributed by atoms with Crippen LogP contribution < -0.4 is 16.0 Å². The smallest absolute Gasteiger partial charge is 0.251 e. The van der Waals surface area contributed by atoms with E-state index in [-0.39, 0.29) is 30.2 Å². The minimum atomic E-state index is -0.813. The molecule has 1 atom stereocenters. The van der Waals surface area contributed by atoms with E-state index in [1.54, 1.807) is 31.2 Å². The second kappa shape index (κ2) is 10.8.